The van der Waals surface area contributed by atoms with E-state index in [4.69, 9.17) is 5.11 Å². The van der Waals surface area contributed by atoms with Crippen LogP contribution in [0, 0.1) is 5.41 Å². The molecule has 1 aliphatic rings. The largest absolute Gasteiger partial charge is 0.476 e. The number of nitrogens with zero attached hydrogens (tertiary/aromatic N) is 2. The minimum Gasteiger partial charge on any atom is -0.476 e. The summed E-state index contributed by atoms with van der Waals surface area (Å²) in [6, 6.07) is 0. The quantitative estimate of drug-likeness (QED) is 0.852. The Hall–Kier alpha value is -0.940. The Bertz CT molecular complexity index is 379. The second-order valence-corrected chi connectivity index (χ2v) is 5.68. The van der Waals surface area contributed by atoms with Gasteiger partial charge in [-0.05, 0) is 5.41 Å². The Morgan fingerprint density at radius 1 is 1.67 bits per heavy atom. The maximum absolute atomic E-state index is 10.6. The van der Waals surface area contributed by atoms with Gasteiger partial charge in [-0.25, -0.2) is 9.78 Å². The summed E-state index contributed by atoms with van der Waals surface area (Å²) in [5, 5.41) is 11.2. The monoisotopic (exact) mass is 226 g/mol. The molecule has 0 bridgehead atoms. The Morgan fingerprint density at radius 2 is 2.33 bits per heavy atom. The second-order valence-electron chi connectivity index (χ2n) is 4.74. The number of carbonyl (C=O) groups is 1. The topological polar surface area (TPSA) is 53.4 Å². The molecule has 0 saturated carbocycles. The highest BCUT2D eigenvalue weighted by atomic mass is 32.1. The molecule has 0 unspecified atom stereocenters. The van der Waals surface area contributed by atoms with Gasteiger partial charge in [-0.15, -0.1) is 11.3 Å². The van der Waals surface area contributed by atoms with Crippen molar-refractivity contribution in [3.63, 3.8) is 0 Å². The van der Waals surface area contributed by atoms with Crippen molar-refractivity contribution < 1.29 is 9.90 Å². The Labute approximate surface area is 92.6 Å². The van der Waals surface area contributed by atoms with E-state index in [1.165, 1.54) is 11.3 Å². The maximum Gasteiger partial charge on any atom is 0.355 e. The fraction of sp³-hybridized carbons (Fsp3) is 0.600. The molecule has 4 nitrogen and oxygen atoms in total. The van der Waals surface area contributed by atoms with Gasteiger partial charge >= 0.3 is 5.97 Å². The van der Waals surface area contributed by atoms with Crippen LogP contribution in [0.3, 0.4) is 0 Å². The summed E-state index contributed by atoms with van der Waals surface area (Å²) in [6.07, 6.45) is 0. The van der Waals surface area contributed by atoms with Crippen LogP contribution in [-0.4, -0.2) is 34.0 Å². The molecule has 0 spiro atoms. The molecule has 2 rings (SSSR count). The van der Waals surface area contributed by atoms with Crippen LogP contribution < -0.4 is 0 Å². The molecule has 0 radical (unpaired) electrons. The molecule has 0 aromatic carbocycles. The first kappa shape index (κ1) is 10.6. The molecule has 0 aliphatic carbocycles. The normalized spacial score (nSPS) is 19.9. The highest BCUT2D eigenvalue weighted by Crippen LogP contribution is 2.30. The lowest BCUT2D eigenvalue weighted by Gasteiger charge is -2.45. The van der Waals surface area contributed by atoms with Gasteiger partial charge in [-0.1, -0.05) is 13.8 Å². The molecule has 15 heavy (non-hydrogen) atoms. The highest BCUT2D eigenvalue weighted by molar-refractivity contribution is 7.09. The van der Waals surface area contributed by atoms with Crippen molar-refractivity contribution >= 4 is 17.3 Å². The third kappa shape index (κ3) is 2.35. The second kappa shape index (κ2) is 3.57. The zero-order valence-corrected chi connectivity index (χ0v) is 9.67. The van der Waals surface area contributed by atoms with Crippen LogP contribution >= 0.6 is 11.3 Å². The van der Waals surface area contributed by atoms with Crippen LogP contribution in [0.4, 0.5) is 0 Å². The molecule has 1 fully saturated rings. The van der Waals surface area contributed by atoms with E-state index in [0.717, 1.165) is 24.6 Å². The molecule has 1 N–H and O–H groups in total. The number of likely N-dealkylation sites (tertiary alicyclic amines) is 1. The molecule has 1 aromatic heterocycles. The molecular formula is C10H14N2O2S. The van der Waals surface area contributed by atoms with Crippen molar-refractivity contribution in [1.82, 2.24) is 9.88 Å². The van der Waals surface area contributed by atoms with Gasteiger partial charge < -0.3 is 5.11 Å². The minimum absolute atomic E-state index is 0.162. The van der Waals surface area contributed by atoms with E-state index in [1.807, 2.05) is 0 Å². The Morgan fingerprint density at radius 3 is 2.80 bits per heavy atom. The van der Waals surface area contributed by atoms with Gasteiger partial charge in [-0.3, -0.25) is 4.90 Å². The van der Waals surface area contributed by atoms with E-state index in [-0.39, 0.29) is 5.69 Å². The molecular weight excluding hydrogens is 212 g/mol. The molecule has 82 valence electrons. The summed E-state index contributed by atoms with van der Waals surface area (Å²) < 4.78 is 0. The standard InChI is InChI=1S/C10H14N2O2S/c1-10(2)5-12(6-10)3-8-11-7(4-15-8)9(13)14/h4H,3,5-6H2,1-2H3,(H,13,14). The van der Waals surface area contributed by atoms with Crippen molar-refractivity contribution in [3.05, 3.63) is 16.1 Å². The molecule has 0 atom stereocenters. The SMILES string of the molecule is CC1(C)CN(Cc2nc(C(=O)O)cs2)C1. The van der Waals surface area contributed by atoms with Crippen molar-refractivity contribution in [2.24, 2.45) is 5.41 Å². The molecule has 2 heterocycles. The van der Waals surface area contributed by atoms with E-state index >= 15 is 0 Å². The summed E-state index contributed by atoms with van der Waals surface area (Å²) in [4.78, 5) is 17.0. The fourth-order valence-corrected chi connectivity index (χ4v) is 2.76. The first-order chi connectivity index (χ1) is 6.96. The number of thiazole rings is 1. The zero-order chi connectivity index (χ0) is 11.1. The van der Waals surface area contributed by atoms with Gasteiger partial charge in [0.2, 0.25) is 0 Å². The van der Waals surface area contributed by atoms with E-state index in [0.29, 0.717) is 5.41 Å². The zero-order valence-electron chi connectivity index (χ0n) is 8.86. The smallest absolute Gasteiger partial charge is 0.355 e. The Balaban J connectivity index is 1.92. The molecule has 1 aromatic rings. The van der Waals surface area contributed by atoms with Gasteiger partial charge in [0.1, 0.15) is 5.01 Å². The molecule has 1 saturated heterocycles. The molecule has 5 heteroatoms. The third-order valence-corrected chi connectivity index (χ3v) is 3.27. The third-order valence-electron chi connectivity index (χ3n) is 2.43. The number of rotatable bonds is 3. The lowest BCUT2D eigenvalue weighted by atomic mass is 9.84. The van der Waals surface area contributed by atoms with Crippen LogP contribution in [0.5, 0.6) is 0 Å². The lowest BCUT2D eigenvalue weighted by molar-refractivity contribution is 0.0241. The van der Waals surface area contributed by atoms with Crippen LogP contribution in [0.1, 0.15) is 29.3 Å². The number of aromatic carboxylic acids is 1. The number of hydrogen-bond acceptors (Lipinski definition) is 4. The van der Waals surface area contributed by atoms with Crippen molar-refractivity contribution in [3.8, 4) is 0 Å². The first-order valence-corrected chi connectivity index (χ1v) is 5.74. The van der Waals surface area contributed by atoms with E-state index < -0.39 is 5.97 Å². The van der Waals surface area contributed by atoms with Crippen LogP contribution in [0.15, 0.2) is 5.38 Å². The van der Waals surface area contributed by atoms with E-state index in [9.17, 15) is 4.79 Å². The summed E-state index contributed by atoms with van der Waals surface area (Å²) >= 11 is 1.42. The van der Waals surface area contributed by atoms with E-state index in [1.54, 1.807) is 5.38 Å². The minimum atomic E-state index is -0.943. The summed E-state index contributed by atoms with van der Waals surface area (Å²) in [7, 11) is 0. The Kier molecular flexibility index (Phi) is 2.52. The van der Waals surface area contributed by atoms with Gasteiger partial charge in [-0.2, -0.15) is 0 Å². The molecule has 1 aliphatic heterocycles. The number of carboxylic acid groups (broad SMARTS) is 1. The summed E-state index contributed by atoms with van der Waals surface area (Å²) in [5.41, 5.74) is 0.571. The average Bonchev–Trinajstić information content (AvgIpc) is 2.49. The number of aromatic nitrogens is 1. The van der Waals surface area contributed by atoms with Gasteiger partial charge in [0.15, 0.2) is 5.69 Å². The van der Waals surface area contributed by atoms with E-state index in [2.05, 4.69) is 23.7 Å². The van der Waals surface area contributed by atoms with Gasteiger partial charge in [0.25, 0.3) is 0 Å². The lowest BCUT2D eigenvalue weighted by Crippen LogP contribution is -2.52. The fourth-order valence-electron chi connectivity index (χ4n) is 1.95. The van der Waals surface area contributed by atoms with Crippen molar-refractivity contribution in [2.75, 3.05) is 13.1 Å². The van der Waals surface area contributed by atoms with Gasteiger partial charge in [0.05, 0.1) is 6.54 Å². The number of hydrogen-bond donors (Lipinski definition) is 1. The predicted octanol–water partition coefficient (Wildman–Crippen LogP) is 1.68. The van der Waals surface area contributed by atoms with Crippen molar-refractivity contribution in [1.29, 1.82) is 0 Å². The van der Waals surface area contributed by atoms with Crippen molar-refractivity contribution in [2.45, 2.75) is 20.4 Å². The predicted molar refractivity (Wildman–Crippen MR) is 58.1 cm³/mol. The first-order valence-electron chi connectivity index (χ1n) is 4.86. The summed E-state index contributed by atoms with van der Waals surface area (Å²) in [6.45, 7) is 7.37. The molecule has 0 amide bonds. The average molecular weight is 226 g/mol. The summed E-state index contributed by atoms with van der Waals surface area (Å²) in [5.74, 6) is -0.943. The van der Waals surface area contributed by atoms with Crippen LogP contribution in [0.25, 0.3) is 0 Å². The van der Waals surface area contributed by atoms with Crippen LogP contribution in [-0.2, 0) is 6.54 Å². The maximum atomic E-state index is 10.6. The number of carboxylic acids is 1. The highest BCUT2D eigenvalue weighted by Gasteiger charge is 2.34. The van der Waals surface area contributed by atoms with Crippen LogP contribution in [0.2, 0.25) is 0 Å². The van der Waals surface area contributed by atoms with Gasteiger partial charge in [0, 0.05) is 18.5 Å².